The molecule has 0 radical (unpaired) electrons. The Labute approximate surface area is 177 Å². The van der Waals surface area contributed by atoms with Gasteiger partial charge in [-0.2, -0.15) is 4.37 Å². The van der Waals surface area contributed by atoms with Gasteiger partial charge < -0.3 is 23.5 Å². The van der Waals surface area contributed by atoms with Gasteiger partial charge in [-0.1, -0.05) is 0 Å². The van der Waals surface area contributed by atoms with Crippen molar-refractivity contribution in [2.75, 3.05) is 28.4 Å². The molecular formula is C19H20NO8PS. The molecule has 0 bridgehead atoms. The first-order chi connectivity index (χ1) is 14.3. The molecule has 2 aromatic carbocycles. The maximum atomic E-state index is 11.3. The predicted octanol–water partition coefficient (Wildman–Crippen LogP) is 3.98. The van der Waals surface area contributed by atoms with Gasteiger partial charge in [-0.3, -0.25) is 9.79 Å². The highest BCUT2D eigenvalue weighted by molar-refractivity contribution is 7.46. The van der Waals surface area contributed by atoms with Crippen molar-refractivity contribution < 1.29 is 37.8 Å². The van der Waals surface area contributed by atoms with Crippen LogP contribution in [0.5, 0.6) is 28.7 Å². The summed E-state index contributed by atoms with van der Waals surface area (Å²) in [6, 6.07) is 8.34. The van der Waals surface area contributed by atoms with E-state index >= 15 is 0 Å². The molecule has 0 aliphatic carbocycles. The molecule has 0 unspecified atom stereocenters. The van der Waals surface area contributed by atoms with Gasteiger partial charge in [-0.25, -0.2) is 4.57 Å². The second-order valence-electron chi connectivity index (χ2n) is 5.94. The summed E-state index contributed by atoms with van der Waals surface area (Å²) in [5.74, 6) is 1.54. The van der Waals surface area contributed by atoms with E-state index in [0.29, 0.717) is 28.5 Å². The summed E-state index contributed by atoms with van der Waals surface area (Å²) in [5.41, 5.74) is 2.71. The van der Waals surface area contributed by atoms with Crippen molar-refractivity contribution in [1.82, 2.24) is 4.37 Å². The first-order valence-corrected chi connectivity index (χ1v) is 10.9. The van der Waals surface area contributed by atoms with Crippen LogP contribution >= 0.6 is 19.4 Å². The summed E-state index contributed by atoms with van der Waals surface area (Å²) in [7, 11) is 1.20. The molecule has 3 rings (SSSR count). The van der Waals surface area contributed by atoms with Crippen molar-refractivity contribution in [3.05, 3.63) is 35.7 Å². The van der Waals surface area contributed by atoms with Crippen LogP contribution < -0.4 is 23.5 Å². The van der Waals surface area contributed by atoms with Crippen LogP contribution in [0.1, 0.15) is 0 Å². The molecule has 3 aromatic rings. The molecule has 1 aromatic heterocycles. The fourth-order valence-corrected chi connectivity index (χ4v) is 4.02. The molecule has 0 saturated carbocycles. The number of phosphoric acid groups is 1. The molecule has 0 saturated heterocycles. The lowest BCUT2D eigenvalue weighted by molar-refractivity contribution is 0.276. The van der Waals surface area contributed by atoms with Crippen molar-refractivity contribution >= 4 is 19.4 Å². The normalized spacial score (nSPS) is 11.1. The minimum Gasteiger partial charge on any atom is -0.493 e. The minimum absolute atomic E-state index is 0.0906. The molecule has 0 amide bonds. The number of phosphoric ester groups is 1. The van der Waals surface area contributed by atoms with Crippen LogP contribution in [-0.2, 0) is 4.57 Å². The lowest BCUT2D eigenvalue weighted by atomic mass is 10.0. The van der Waals surface area contributed by atoms with E-state index in [1.165, 1.54) is 46.0 Å². The number of aromatic nitrogens is 1. The summed E-state index contributed by atoms with van der Waals surface area (Å²) >= 11 is 1.23. The van der Waals surface area contributed by atoms with E-state index in [1.54, 1.807) is 24.3 Å². The van der Waals surface area contributed by atoms with Crippen molar-refractivity contribution in [1.29, 1.82) is 0 Å². The Hall–Kier alpha value is -2.78. The van der Waals surface area contributed by atoms with Gasteiger partial charge in [0.2, 0.25) is 5.75 Å². The molecule has 0 aliphatic heterocycles. The summed E-state index contributed by atoms with van der Waals surface area (Å²) in [6.07, 6.45) is 0. The third kappa shape index (κ3) is 4.52. The van der Waals surface area contributed by atoms with Crippen molar-refractivity contribution in [2.24, 2.45) is 0 Å². The summed E-state index contributed by atoms with van der Waals surface area (Å²) < 4.78 is 41.9. The van der Waals surface area contributed by atoms with E-state index in [1.807, 2.05) is 5.38 Å². The summed E-state index contributed by atoms with van der Waals surface area (Å²) in [5, 5.41) is 1.85. The predicted molar refractivity (Wildman–Crippen MR) is 112 cm³/mol. The third-order valence-corrected chi connectivity index (χ3v) is 5.26. The maximum absolute atomic E-state index is 11.3. The largest absolute Gasteiger partial charge is 0.524 e. The van der Waals surface area contributed by atoms with Crippen LogP contribution in [0.4, 0.5) is 0 Å². The van der Waals surface area contributed by atoms with Gasteiger partial charge >= 0.3 is 7.82 Å². The average molecular weight is 453 g/mol. The Kier molecular flexibility index (Phi) is 6.52. The molecule has 0 spiro atoms. The second-order valence-corrected chi connectivity index (χ2v) is 7.73. The van der Waals surface area contributed by atoms with E-state index in [4.69, 9.17) is 23.5 Å². The van der Waals surface area contributed by atoms with Crippen molar-refractivity contribution in [2.45, 2.75) is 0 Å². The van der Waals surface area contributed by atoms with Crippen molar-refractivity contribution in [3.8, 4) is 51.1 Å². The van der Waals surface area contributed by atoms with Crippen LogP contribution in [0.3, 0.4) is 0 Å². The second kappa shape index (κ2) is 8.93. The van der Waals surface area contributed by atoms with Gasteiger partial charge in [0, 0.05) is 16.5 Å². The van der Waals surface area contributed by atoms with Crippen molar-refractivity contribution in [3.63, 3.8) is 0 Å². The van der Waals surface area contributed by atoms with Crippen LogP contribution in [0.25, 0.3) is 22.4 Å². The highest BCUT2D eigenvalue weighted by Gasteiger charge is 2.22. The molecule has 0 fully saturated rings. The molecular weight excluding hydrogens is 433 g/mol. The number of hydrogen-bond donors (Lipinski definition) is 2. The molecule has 0 atom stereocenters. The molecule has 30 heavy (non-hydrogen) atoms. The Morgan fingerprint density at radius 2 is 1.43 bits per heavy atom. The smallest absolute Gasteiger partial charge is 0.493 e. The minimum atomic E-state index is -4.77. The van der Waals surface area contributed by atoms with E-state index in [9.17, 15) is 14.4 Å². The van der Waals surface area contributed by atoms with Crippen LogP contribution in [0, 0.1) is 0 Å². The quantitative estimate of drug-likeness (QED) is 0.489. The Bertz CT molecular complexity index is 1070. The number of hydrogen-bond acceptors (Lipinski definition) is 8. The van der Waals surface area contributed by atoms with Gasteiger partial charge in [0.05, 0.1) is 34.1 Å². The van der Waals surface area contributed by atoms with Gasteiger partial charge in [-0.05, 0) is 47.4 Å². The molecule has 2 N–H and O–H groups in total. The first kappa shape index (κ1) is 21.9. The highest BCUT2D eigenvalue weighted by atomic mass is 32.1. The Morgan fingerprint density at radius 1 is 0.833 bits per heavy atom. The van der Waals surface area contributed by atoms with Crippen LogP contribution in [0.2, 0.25) is 0 Å². The standard InChI is InChI=1S/C19H20NO8PS/c1-24-14-6-5-11(7-15(14)28-29(21,22)23)18-13(10-30-20-18)12-8-16(25-2)19(27-4)17(9-12)26-3/h5-10H,1-4H3,(H2,21,22,23). The summed E-state index contributed by atoms with van der Waals surface area (Å²) in [6.45, 7) is 0. The van der Waals surface area contributed by atoms with E-state index in [-0.39, 0.29) is 11.5 Å². The fourth-order valence-electron chi connectivity index (χ4n) is 2.91. The maximum Gasteiger partial charge on any atom is 0.524 e. The third-order valence-electron chi connectivity index (χ3n) is 4.20. The highest BCUT2D eigenvalue weighted by Crippen LogP contribution is 2.46. The molecule has 1 heterocycles. The summed E-state index contributed by atoms with van der Waals surface area (Å²) in [4.78, 5) is 18.4. The van der Waals surface area contributed by atoms with E-state index < -0.39 is 7.82 Å². The Balaban J connectivity index is 2.13. The van der Waals surface area contributed by atoms with E-state index in [0.717, 1.165) is 11.1 Å². The SMILES string of the molecule is COc1ccc(-c2nscc2-c2cc(OC)c(OC)c(OC)c2)cc1OP(=O)(O)O. The number of benzene rings is 2. The lowest BCUT2D eigenvalue weighted by Crippen LogP contribution is -1.96. The van der Waals surface area contributed by atoms with Gasteiger partial charge in [0.15, 0.2) is 23.0 Å². The number of nitrogens with zero attached hydrogens (tertiary/aromatic N) is 1. The number of rotatable bonds is 8. The molecule has 9 nitrogen and oxygen atoms in total. The topological polar surface area (TPSA) is 117 Å². The zero-order chi connectivity index (χ0) is 21.9. The first-order valence-electron chi connectivity index (χ1n) is 8.49. The molecule has 0 aliphatic rings. The molecule has 160 valence electrons. The molecule has 11 heteroatoms. The lowest BCUT2D eigenvalue weighted by Gasteiger charge is -2.15. The monoisotopic (exact) mass is 453 g/mol. The average Bonchev–Trinajstić information content (AvgIpc) is 3.21. The zero-order valence-electron chi connectivity index (χ0n) is 16.6. The zero-order valence-corrected chi connectivity index (χ0v) is 18.3. The van der Waals surface area contributed by atoms with Gasteiger partial charge in [0.1, 0.15) is 0 Å². The number of ether oxygens (including phenoxy) is 4. The van der Waals surface area contributed by atoms with E-state index in [2.05, 4.69) is 4.37 Å². The number of methoxy groups -OCH3 is 4. The van der Waals surface area contributed by atoms with Crippen LogP contribution in [0.15, 0.2) is 35.7 Å². The van der Waals surface area contributed by atoms with Gasteiger partial charge in [-0.15, -0.1) is 0 Å². The van der Waals surface area contributed by atoms with Crippen LogP contribution in [-0.4, -0.2) is 42.6 Å². The Morgan fingerprint density at radius 3 is 1.97 bits per heavy atom. The fraction of sp³-hybridized carbons (Fsp3) is 0.211. The van der Waals surface area contributed by atoms with Gasteiger partial charge in [0.25, 0.3) is 0 Å².